The van der Waals surface area contributed by atoms with Crippen LogP contribution < -0.4 is 10.6 Å². The van der Waals surface area contributed by atoms with E-state index in [-0.39, 0.29) is 17.7 Å². The molecule has 1 saturated heterocycles. The Hall–Kier alpha value is -2.74. The third-order valence-electron chi connectivity index (χ3n) is 5.73. The number of amides is 3. The number of aryl methyl sites for hydroxylation is 1. The highest BCUT2D eigenvalue weighted by atomic mass is 32.1. The van der Waals surface area contributed by atoms with E-state index in [1.54, 1.807) is 16.2 Å². The fourth-order valence-corrected chi connectivity index (χ4v) is 4.79. The standard InChI is InChI=1S/C24H32N4O3S/c1-15-20(32-14-26-15)18-10-8-17(9-11-18)13-25-22(30)19-7-6-12-28(19)23(31)21(24(3,4)5)27-16(2)29/h8-11,14,19,21H,6-7,12-13H2,1-5H3,(H,25,30)(H,27,29)/t19-,21+/m0/s1. The number of benzene rings is 1. The monoisotopic (exact) mass is 456 g/mol. The van der Waals surface area contributed by atoms with Crippen LogP contribution in [0.4, 0.5) is 0 Å². The second-order valence-electron chi connectivity index (χ2n) is 9.37. The van der Waals surface area contributed by atoms with Crippen LogP contribution in [0.5, 0.6) is 0 Å². The minimum absolute atomic E-state index is 0.159. The van der Waals surface area contributed by atoms with E-state index in [1.807, 2.05) is 57.5 Å². The van der Waals surface area contributed by atoms with Gasteiger partial charge in [-0.3, -0.25) is 14.4 Å². The van der Waals surface area contributed by atoms with Crippen molar-refractivity contribution in [2.24, 2.45) is 5.41 Å². The van der Waals surface area contributed by atoms with Crippen molar-refractivity contribution in [1.82, 2.24) is 20.5 Å². The van der Waals surface area contributed by atoms with Gasteiger partial charge in [0.1, 0.15) is 12.1 Å². The van der Waals surface area contributed by atoms with Gasteiger partial charge in [0.2, 0.25) is 17.7 Å². The number of carbonyl (C=O) groups is 3. The second-order valence-corrected chi connectivity index (χ2v) is 10.2. The summed E-state index contributed by atoms with van der Waals surface area (Å²) >= 11 is 1.61. The SMILES string of the molecule is CC(=O)N[C@H](C(=O)N1CCC[C@H]1C(=O)NCc1ccc(-c2scnc2C)cc1)C(C)(C)C. The lowest BCUT2D eigenvalue weighted by molar-refractivity contribution is -0.143. The normalized spacial score (nSPS) is 17.2. The smallest absolute Gasteiger partial charge is 0.246 e. The van der Waals surface area contributed by atoms with Crippen LogP contribution >= 0.6 is 11.3 Å². The first-order chi connectivity index (χ1) is 15.1. The molecule has 1 fully saturated rings. The molecule has 2 heterocycles. The first-order valence-electron chi connectivity index (χ1n) is 10.9. The Bertz CT molecular complexity index is 978. The van der Waals surface area contributed by atoms with Crippen molar-refractivity contribution in [3.63, 3.8) is 0 Å². The van der Waals surface area contributed by atoms with E-state index in [2.05, 4.69) is 15.6 Å². The average Bonchev–Trinajstić information content (AvgIpc) is 3.38. The molecular formula is C24H32N4O3S. The van der Waals surface area contributed by atoms with Gasteiger partial charge in [0.15, 0.2) is 0 Å². The fourth-order valence-electron chi connectivity index (χ4n) is 3.98. The Kier molecular flexibility index (Phi) is 7.33. The molecule has 2 N–H and O–H groups in total. The number of likely N-dealkylation sites (tertiary alicyclic amines) is 1. The summed E-state index contributed by atoms with van der Waals surface area (Å²) in [6.45, 7) is 10.0. The molecule has 0 aliphatic carbocycles. The number of nitrogens with one attached hydrogen (secondary N) is 2. The zero-order valence-corrected chi connectivity index (χ0v) is 20.2. The molecule has 1 aromatic heterocycles. The largest absolute Gasteiger partial charge is 0.350 e. The Labute approximate surface area is 193 Å². The Balaban J connectivity index is 1.63. The van der Waals surface area contributed by atoms with Crippen molar-refractivity contribution in [1.29, 1.82) is 0 Å². The van der Waals surface area contributed by atoms with E-state index >= 15 is 0 Å². The molecule has 1 aromatic carbocycles. The molecule has 32 heavy (non-hydrogen) atoms. The molecule has 8 heteroatoms. The van der Waals surface area contributed by atoms with Crippen molar-refractivity contribution in [3.8, 4) is 10.4 Å². The molecule has 172 valence electrons. The van der Waals surface area contributed by atoms with Crippen molar-refractivity contribution >= 4 is 29.1 Å². The molecule has 3 rings (SSSR count). The minimum atomic E-state index is -0.670. The van der Waals surface area contributed by atoms with Crippen LogP contribution in [0.3, 0.4) is 0 Å². The quantitative estimate of drug-likeness (QED) is 0.698. The van der Waals surface area contributed by atoms with Crippen LogP contribution in [0.15, 0.2) is 29.8 Å². The number of thiazole rings is 1. The summed E-state index contributed by atoms with van der Waals surface area (Å²) in [5.41, 5.74) is 4.49. The van der Waals surface area contributed by atoms with E-state index in [0.717, 1.165) is 28.1 Å². The summed E-state index contributed by atoms with van der Waals surface area (Å²) in [6, 6.07) is 6.89. The lowest BCUT2D eigenvalue weighted by Gasteiger charge is -2.35. The summed E-state index contributed by atoms with van der Waals surface area (Å²) in [6.07, 6.45) is 1.39. The third kappa shape index (κ3) is 5.54. The lowest BCUT2D eigenvalue weighted by atomic mass is 9.85. The van der Waals surface area contributed by atoms with Crippen molar-refractivity contribution < 1.29 is 14.4 Å². The van der Waals surface area contributed by atoms with Crippen molar-refractivity contribution in [3.05, 3.63) is 41.0 Å². The van der Waals surface area contributed by atoms with E-state index in [1.165, 1.54) is 6.92 Å². The zero-order valence-electron chi connectivity index (χ0n) is 19.4. The molecule has 2 aromatic rings. The van der Waals surface area contributed by atoms with Gasteiger partial charge in [0.25, 0.3) is 0 Å². The van der Waals surface area contributed by atoms with Gasteiger partial charge in [-0.25, -0.2) is 4.98 Å². The Morgan fingerprint density at radius 3 is 2.47 bits per heavy atom. The number of aromatic nitrogens is 1. The molecule has 7 nitrogen and oxygen atoms in total. The molecule has 0 spiro atoms. The summed E-state index contributed by atoms with van der Waals surface area (Å²) in [4.78, 5) is 44.9. The molecular weight excluding hydrogens is 424 g/mol. The van der Waals surface area contributed by atoms with Gasteiger partial charge in [0.05, 0.1) is 16.1 Å². The number of carbonyl (C=O) groups excluding carboxylic acids is 3. The van der Waals surface area contributed by atoms with Gasteiger partial charge in [-0.15, -0.1) is 11.3 Å². The molecule has 3 amide bonds. The molecule has 0 saturated carbocycles. The summed E-state index contributed by atoms with van der Waals surface area (Å²) in [5.74, 6) is -0.612. The number of nitrogens with zero attached hydrogens (tertiary/aromatic N) is 2. The van der Waals surface area contributed by atoms with Crippen LogP contribution in [-0.4, -0.2) is 46.2 Å². The topological polar surface area (TPSA) is 91.4 Å². The Morgan fingerprint density at radius 1 is 1.22 bits per heavy atom. The molecule has 0 unspecified atom stereocenters. The van der Waals surface area contributed by atoms with Gasteiger partial charge in [-0.05, 0) is 36.3 Å². The predicted octanol–water partition coefficient (Wildman–Crippen LogP) is 3.28. The van der Waals surface area contributed by atoms with E-state index in [9.17, 15) is 14.4 Å². The van der Waals surface area contributed by atoms with Gasteiger partial charge >= 0.3 is 0 Å². The van der Waals surface area contributed by atoms with Crippen LogP contribution in [0.25, 0.3) is 10.4 Å². The number of hydrogen-bond donors (Lipinski definition) is 2. The van der Waals surface area contributed by atoms with Crippen LogP contribution in [0.2, 0.25) is 0 Å². The first kappa shape index (κ1) is 23.9. The maximum Gasteiger partial charge on any atom is 0.246 e. The third-order valence-corrected chi connectivity index (χ3v) is 6.71. The van der Waals surface area contributed by atoms with Crippen molar-refractivity contribution in [2.45, 2.75) is 66.1 Å². The summed E-state index contributed by atoms with van der Waals surface area (Å²) in [5, 5.41) is 5.75. The number of hydrogen-bond acceptors (Lipinski definition) is 5. The lowest BCUT2D eigenvalue weighted by Crippen LogP contribution is -2.57. The first-order valence-corrected chi connectivity index (χ1v) is 11.8. The minimum Gasteiger partial charge on any atom is -0.350 e. The predicted molar refractivity (Wildman–Crippen MR) is 126 cm³/mol. The van der Waals surface area contributed by atoms with Crippen molar-refractivity contribution in [2.75, 3.05) is 6.54 Å². The highest BCUT2D eigenvalue weighted by Crippen LogP contribution is 2.28. The highest BCUT2D eigenvalue weighted by Gasteiger charge is 2.41. The molecule has 0 bridgehead atoms. The van der Waals surface area contributed by atoms with Gasteiger partial charge in [0, 0.05) is 20.0 Å². The molecule has 0 radical (unpaired) electrons. The number of rotatable bonds is 6. The maximum atomic E-state index is 13.2. The van der Waals surface area contributed by atoms with Gasteiger partial charge in [-0.1, -0.05) is 45.0 Å². The molecule has 1 aliphatic heterocycles. The van der Waals surface area contributed by atoms with Crippen LogP contribution in [0, 0.1) is 12.3 Å². The molecule has 2 atom stereocenters. The van der Waals surface area contributed by atoms with Crippen LogP contribution in [-0.2, 0) is 20.9 Å². The zero-order chi connectivity index (χ0) is 23.5. The van der Waals surface area contributed by atoms with E-state index < -0.39 is 17.5 Å². The van der Waals surface area contributed by atoms with E-state index in [0.29, 0.717) is 19.5 Å². The highest BCUT2D eigenvalue weighted by molar-refractivity contribution is 7.13. The summed E-state index contributed by atoms with van der Waals surface area (Å²) in [7, 11) is 0. The molecule has 1 aliphatic rings. The van der Waals surface area contributed by atoms with Gasteiger partial charge in [-0.2, -0.15) is 0 Å². The summed E-state index contributed by atoms with van der Waals surface area (Å²) < 4.78 is 0. The Morgan fingerprint density at radius 2 is 1.91 bits per heavy atom. The second kappa shape index (κ2) is 9.81. The van der Waals surface area contributed by atoms with Gasteiger partial charge < -0.3 is 15.5 Å². The van der Waals surface area contributed by atoms with Crippen LogP contribution in [0.1, 0.15) is 51.8 Å². The van der Waals surface area contributed by atoms with E-state index in [4.69, 9.17) is 0 Å². The fraction of sp³-hybridized carbons (Fsp3) is 0.500. The average molecular weight is 457 g/mol. The maximum absolute atomic E-state index is 13.2.